The van der Waals surface area contributed by atoms with E-state index in [0.29, 0.717) is 48.9 Å². The quantitative estimate of drug-likeness (QED) is 0.793. The molecule has 1 aliphatic rings. The van der Waals surface area contributed by atoms with Gasteiger partial charge in [0.1, 0.15) is 29.5 Å². The van der Waals surface area contributed by atoms with E-state index in [1.807, 2.05) is 0 Å². The molecule has 2 aromatic rings. The lowest BCUT2D eigenvalue weighted by Crippen LogP contribution is -2.39. The molecule has 3 rings (SSSR count). The zero-order valence-electron chi connectivity index (χ0n) is 15.4. The first-order valence-corrected chi connectivity index (χ1v) is 9.58. The van der Waals surface area contributed by atoms with E-state index < -0.39 is 11.4 Å². The lowest BCUT2D eigenvalue weighted by atomic mass is 9.96. The Morgan fingerprint density at radius 1 is 1.11 bits per heavy atom. The van der Waals surface area contributed by atoms with Crippen LogP contribution in [0, 0.1) is 5.82 Å². The second kappa shape index (κ2) is 9.26. The molecule has 0 aliphatic carbocycles. The van der Waals surface area contributed by atoms with Crippen LogP contribution < -0.4 is 9.47 Å². The van der Waals surface area contributed by atoms with Crippen molar-refractivity contribution in [1.29, 1.82) is 0 Å². The fourth-order valence-corrected chi connectivity index (χ4v) is 3.32. The van der Waals surface area contributed by atoms with Gasteiger partial charge in [-0.05, 0) is 49.6 Å². The normalized spacial score (nSPS) is 19.8. The monoisotopic (exact) mass is 407 g/mol. The second-order valence-electron chi connectivity index (χ2n) is 6.95. The number of carbonyl (C=O) groups excluding carboxylic acids is 1. The van der Waals surface area contributed by atoms with Crippen LogP contribution >= 0.6 is 11.6 Å². The van der Waals surface area contributed by atoms with Crippen LogP contribution in [-0.4, -0.2) is 47.8 Å². The third-order valence-electron chi connectivity index (χ3n) is 4.73. The van der Waals surface area contributed by atoms with Gasteiger partial charge in [0, 0.05) is 24.2 Å². The minimum Gasteiger partial charge on any atom is -0.491 e. The highest BCUT2D eigenvalue weighted by Gasteiger charge is 2.32. The van der Waals surface area contributed by atoms with Crippen molar-refractivity contribution >= 4 is 17.5 Å². The molecule has 1 atom stereocenters. The summed E-state index contributed by atoms with van der Waals surface area (Å²) in [5.74, 6) is 0.310. The smallest absolute Gasteiger partial charge is 0.260 e. The van der Waals surface area contributed by atoms with Crippen LogP contribution in [0.5, 0.6) is 11.5 Å². The Hall–Kier alpha value is -2.31. The van der Waals surface area contributed by atoms with E-state index in [1.165, 1.54) is 18.2 Å². The first-order chi connectivity index (χ1) is 13.4. The van der Waals surface area contributed by atoms with Crippen molar-refractivity contribution in [2.75, 3.05) is 26.3 Å². The fraction of sp³-hybridized carbons (Fsp3) is 0.381. The zero-order valence-corrected chi connectivity index (χ0v) is 16.2. The summed E-state index contributed by atoms with van der Waals surface area (Å²) in [6.45, 7) is 0.904. The predicted octanol–water partition coefficient (Wildman–Crippen LogP) is 3.68. The van der Waals surface area contributed by atoms with Crippen LogP contribution in [-0.2, 0) is 4.79 Å². The maximum absolute atomic E-state index is 13.2. The predicted molar refractivity (Wildman–Crippen MR) is 104 cm³/mol. The molecule has 7 heteroatoms. The zero-order chi connectivity index (χ0) is 20.0. The van der Waals surface area contributed by atoms with Gasteiger partial charge in [-0.1, -0.05) is 23.7 Å². The van der Waals surface area contributed by atoms with Crippen molar-refractivity contribution in [1.82, 2.24) is 4.90 Å². The molecular weight excluding hydrogens is 385 g/mol. The van der Waals surface area contributed by atoms with Crippen LogP contribution in [0.3, 0.4) is 0 Å². The highest BCUT2D eigenvalue weighted by molar-refractivity contribution is 6.30. The summed E-state index contributed by atoms with van der Waals surface area (Å²) >= 11 is 5.94. The number of benzene rings is 2. The van der Waals surface area contributed by atoms with Crippen molar-refractivity contribution < 1.29 is 23.8 Å². The Labute approximate surface area is 168 Å². The summed E-state index contributed by atoms with van der Waals surface area (Å²) < 4.78 is 24.3. The first-order valence-electron chi connectivity index (χ1n) is 9.20. The second-order valence-corrected chi connectivity index (χ2v) is 7.39. The van der Waals surface area contributed by atoms with E-state index in [2.05, 4.69) is 0 Å². The Morgan fingerprint density at radius 3 is 2.61 bits per heavy atom. The molecule has 0 bridgehead atoms. The number of ether oxygens (including phenoxy) is 2. The van der Waals surface area contributed by atoms with Gasteiger partial charge in [0.25, 0.3) is 5.91 Å². The lowest BCUT2D eigenvalue weighted by Gasteiger charge is -2.27. The topological polar surface area (TPSA) is 59.0 Å². The first kappa shape index (κ1) is 20.4. The average Bonchev–Trinajstić information content (AvgIpc) is 2.87. The molecule has 1 heterocycles. The number of rotatable bonds is 6. The van der Waals surface area contributed by atoms with E-state index in [0.717, 1.165) is 0 Å². The summed E-state index contributed by atoms with van der Waals surface area (Å²) in [5, 5.41) is 11.4. The van der Waals surface area contributed by atoms with Gasteiger partial charge in [-0.3, -0.25) is 4.79 Å². The number of amides is 1. The molecule has 1 saturated heterocycles. The van der Waals surface area contributed by atoms with Gasteiger partial charge >= 0.3 is 0 Å². The summed E-state index contributed by atoms with van der Waals surface area (Å²) in [5.41, 5.74) is -1.01. The van der Waals surface area contributed by atoms with Crippen LogP contribution in [0.2, 0.25) is 5.02 Å². The van der Waals surface area contributed by atoms with E-state index in [9.17, 15) is 14.3 Å². The number of aliphatic hydroxyl groups is 1. The van der Waals surface area contributed by atoms with Gasteiger partial charge in [-0.25, -0.2) is 4.39 Å². The van der Waals surface area contributed by atoms with E-state index >= 15 is 0 Å². The summed E-state index contributed by atoms with van der Waals surface area (Å²) in [7, 11) is 0. The molecule has 0 radical (unpaired) electrons. The third kappa shape index (κ3) is 5.84. The van der Waals surface area contributed by atoms with E-state index in [4.69, 9.17) is 21.1 Å². The minimum absolute atomic E-state index is 0.134. The third-order valence-corrected chi connectivity index (χ3v) is 4.97. The molecular formula is C21H23ClFNO4. The molecule has 0 spiro atoms. The van der Waals surface area contributed by atoms with Gasteiger partial charge in [-0.2, -0.15) is 0 Å². The minimum atomic E-state index is -1.01. The molecule has 1 fully saturated rings. The summed E-state index contributed by atoms with van der Waals surface area (Å²) in [4.78, 5) is 14.1. The lowest BCUT2D eigenvalue weighted by molar-refractivity contribution is -0.133. The van der Waals surface area contributed by atoms with Gasteiger partial charge < -0.3 is 19.5 Å². The van der Waals surface area contributed by atoms with Crippen LogP contribution in [0.15, 0.2) is 48.5 Å². The molecule has 1 N–H and O–H groups in total. The Balaban J connectivity index is 1.49. The Kier molecular flexibility index (Phi) is 6.75. The Bertz CT molecular complexity index is 818. The molecule has 1 amide bonds. The molecule has 150 valence electrons. The fourth-order valence-electron chi connectivity index (χ4n) is 3.14. The highest BCUT2D eigenvalue weighted by atomic mass is 35.5. The number of nitrogens with zero attached hydrogens (tertiary/aromatic N) is 1. The van der Waals surface area contributed by atoms with Gasteiger partial charge in [0.05, 0.1) is 0 Å². The number of halogens is 2. The molecule has 1 aliphatic heterocycles. The summed E-state index contributed by atoms with van der Waals surface area (Å²) in [6, 6.07) is 12.7. The number of hydrogen-bond acceptors (Lipinski definition) is 4. The van der Waals surface area contributed by atoms with Crippen molar-refractivity contribution in [3.8, 4) is 11.5 Å². The van der Waals surface area contributed by atoms with E-state index in [-0.39, 0.29) is 19.1 Å². The maximum atomic E-state index is 13.2. The standard InChI is InChI=1S/C21H23ClFNO4/c22-16-4-1-6-18(12-16)28-15-21(26)8-3-10-24(11-9-21)20(25)14-27-19-7-2-5-17(23)13-19/h1-2,4-7,12-13,26H,3,8-11,14-15H2. The highest BCUT2D eigenvalue weighted by Crippen LogP contribution is 2.25. The number of hydrogen-bond donors (Lipinski definition) is 1. The number of carbonyl (C=O) groups is 1. The van der Waals surface area contributed by atoms with Crippen molar-refractivity contribution in [3.63, 3.8) is 0 Å². The van der Waals surface area contributed by atoms with Crippen molar-refractivity contribution in [2.45, 2.75) is 24.9 Å². The largest absolute Gasteiger partial charge is 0.491 e. The molecule has 28 heavy (non-hydrogen) atoms. The van der Waals surface area contributed by atoms with Crippen LogP contribution in [0.4, 0.5) is 4.39 Å². The van der Waals surface area contributed by atoms with Gasteiger partial charge in [0.2, 0.25) is 0 Å². The summed E-state index contributed by atoms with van der Waals surface area (Å²) in [6.07, 6.45) is 1.59. The van der Waals surface area contributed by atoms with Crippen molar-refractivity contribution in [3.05, 3.63) is 59.4 Å². The molecule has 2 aromatic carbocycles. The van der Waals surface area contributed by atoms with E-state index in [1.54, 1.807) is 35.2 Å². The van der Waals surface area contributed by atoms with Crippen LogP contribution in [0.25, 0.3) is 0 Å². The van der Waals surface area contributed by atoms with Crippen molar-refractivity contribution in [2.24, 2.45) is 0 Å². The Morgan fingerprint density at radius 2 is 1.86 bits per heavy atom. The molecule has 1 unspecified atom stereocenters. The maximum Gasteiger partial charge on any atom is 0.260 e. The molecule has 5 nitrogen and oxygen atoms in total. The molecule has 0 aromatic heterocycles. The van der Waals surface area contributed by atoms with Gasteiger partial charge in [-0.15, -0.1) is 0 Å². The van der Waals surface area contributed by atoms with Crippen LogP contribution in [0.1, 0.15) is 19.3 Å². The number of likely N-dealkylation sites (tertiary alicyclic amines) is 1. The SMILES string of the molecule is O=C(COc1cccc(F)c1)N1CCCC(O)(COc2cccc(Cl)c2)CC1. The van der Waals surface area contributed by atoms with Gasteiger partial charge in [0.15, 0.2) is 6.61 Å². The molecule has 0 saturated carbocycles. The average molecular weight is 408 g/mol.